The van der Waals surface area contributed by atoms with E-state index in [1.165, 1.54) is 0 Å². The smallest absolute Gasteiger partial charge is 0.255 e. The van der Waals surface area contributed by atoms with Gasteiger partial charge in [-0.25, -0.2) is 0 Å². The second-order valence-electron chi connectivity index (χ2n) is 5.38. The number of hydrogen-bond donors (Lipinski definition) is 2. The van der Waals surface area contributed by atoms with Crippen LogP contribution >= 0.6 is 0 Å². The van der Waals surface area contributed by atoms with Gasteiger partial charge < -0.3 is 20.1 Å². The third kappa shape index (κ3) is 2.58. The fourth-order valence-electron chi connectivity index (χ4n) is 2.68. The first-order valence-corrected chi connectivity index (χ1v) is 7.16. The number of carbonyl (C=O) groups is 1. The Kier molecular flexibility index (Phi) is 3.78. The molecule has 1 amide bonds. The van der Waals surface area contributed by atoms with Gasteiger partial charge >= 0.3 is 0 Å². The van der Waals surface area contributed by atoms with Crippen molar-refractivity contribution >= 4 is 5.91 Å². The highest BCUT2D eigenvalue weighted by atomic mass is 16.6. The molecule has 3 rings (SSSR count). The summed E-state index contributed by atoms with van der Waals surface area (Å²) < 4.78 is 11.1. The van der Waals surface area contributed by atoms with E-state index < -0.39 is 0 Å². The first-order valence-electron chi connectivity index (χ1n) is 7.16. The monoisotopic (exact) mass is 276 g/mol. The van der Waals surface area contributed by atoms with E-state index in [0.717, 1.165) is 19.5 Å². The van der Waals surface area contributed by atoms with Crippen LogP contribution in [-0.2, 0) is 0 Å². The van der Waals surface area contributed by atoms with Crippen molar-refractivity contribution in [3.8, 4) is 11.5 Å². The largest absolute Gasteiger partial charge is 0.486 e. The van der Waals surface area contributed by atoms with Crippen LogP contribution in [0.3, 0.4) is 0 Å². The summed E-state index contributed by atoms with van der Waals surface area (Å²) in [5, 5.41) is 6.41. The lowest BCUT2D eigenvalue weighted by molar-refractivity contribution is 0.0904. The van der Waals surface area contributed by atoms with Gasteiger partial charge in [-0.2, -0.15) is 0 Å². The zero-order valence-corrected chi connectivity index (χ0v) is 11.6. The van der Waals surface area contributed by atoms with E-state index in [0.29, 0.717) is 36.2 Å². The number of amides is 1. The predicted molar refractivity (Wildman–Crippen MR) is 75.3 cm³/mol. The van der Waals surface area contributed by atoms with E-state index in [2.05, 4.69) is 17.6 Å². The molecule has 0 aromatic heterocycles. The van der Waals surface area contributed by atoms with Crippen molar-refractivity contribution in [1.82, 2.24) is 10.6 Å². The molecule has 0 radical (unpaired) electrons. The summed E-state index contributed by atoms with van der Waals surface area (Å²) in [5.41, 5.74) is 0.556. The van der Waals surface area contributed by atoms with Gasteiger partial charge in [-0.3, -0.25) is 4.79 Å². The van der Waals surface area contributed by atoms with Crippen LogP contribution in [0.2, 0.25) is 0 Å². The lowest BCUT2D eigenvalue weighted by Gasteiger charge is -2.30. The SMILES string of the molecule is CC1CCNCC1NC(=O)c1cccc2c1OCCO2. The highest BCUT2D eigenvalue weighted by Gasteiger charge is 2.26. The van der Waals surface area contributed by atoms with Crippen LogP contribution in [0.15, 0.2) is 18.2 Å². The number of piperidine rings is 1. The lowest BCUT2D eigenvalue weighted by Crippen LogP contribution is -2.50. The van der Waals surface area contributed by atoms with Crippen LogP contribution < -0.4 is 20.1 Å². The summed E-state index contributed by atoms with van der Waals surface area (Å²) in [4.78, 5) is 12.5. The molecule has 2 heterocycles. The molecule has 108 valence electrons. The van der Waals surface area contributed by atoms with Gasteiger partial charge in [0.15, 0.2) is 11.5 Å². The average Bonchev–Trinajstić information content (AvgIpc) is 2.49. The second-order valence-corrected chi connectivity index (χ2v) is 5.38. The van der Waals surface area contributed by atoms with Crippen molar-refractivity contribution in [2.24, 2.45) is 5.92 Å². The minimum Gasteiger partial charge on any atom is -0.486 e. The molecule has 5 heteroatoms. The third-order valence-electron chi connectivity index (χ3n) is 3.95. The summed E-state index contributed by atoms with van der Waals surface area (Å²) >= 11 is 0. The van der Waals surface area contributed by atoms with Crippen molar-refractivity contribution in [2.75, 3.05) is 26.3 Å². The number of nitrogens with one attached hydrogen (secondary N) is 2. The fourth-order valence-corrected chi connectivity index (χ4v) is 2.68. The van der Waals surface area contributed by atoms with Gasteiger partial charge in [0.2, 0.25) is 0 Å². The maximum Gasteiger partial charge on any atom is 0.255 e. The van der Waals surface area contributed by atoms with Crippen molar-refractivity contribution in [3.63, 3.8) is 0 Å². The molecule has 2 N–H and O–H groups in total. The molecule has 1 aromatic carbocycles. The molecule has 1 saturated heterocycles. The number of carbonyl (C=O) groups excluding carboxylic acids is 1. The van der Waals surface area contributed by atoms with E-state index in [4.69, 9.17) is 9.47 Å². The molecule has 2 unspecified atom stereocenters. The Balaban J connectivity index is 1.77. The first-order chi connectivity index (χ1) is 9.75. The van der Waals surface area contributed by atoms with E-state index in [-0.39, 0.29) is 11.9 Å². The van der Waals surface area contributed by atoms with Gasteiger partial charge in [0.25, 0.3) is 5.91 Å². The van der Waals surface area contributed by atoms with Gasteiger partial charge in [-0.15, -0.1) is 0 Å². The van der Waals surface area contributed by atoms with Crippen molar-refractivity contribution < 1.29 is 14.3 Å². The van der Waals surface area contributed by atoms with Gasteiger partial charge in [0.1, 0.15) is 13.2 Å². The average molecular weight is 276 g/mol. The van der Waals surface area contributed by atoms with Crippen LogP contribution in [0.5, 0.6) is 11.5 Å². The zero-order chi connectivity index (χ0) is 13.9. The number of hydrogen-bond acceptors (Lipinski definition) is 4. The van der Waals surface area contributed by atoms with Crippen molar-refractivity contribution in [1.29, 1.82) is 0 Å². The normalized spacial score (nSPS) is 25.1. The van der Waals surface area contributed by atoms with E-state index in [1.807, 2.05) is 12.1 Å². The topological polar surface area (TPSA) is 59.6 Å². The predicted octanol–water partition coefficient (Wildman–Crippen LogP) is 1.19. The maximum atomic E-state index is 12.5. The third-order valence-corrected chi connectivity index (χ3v) is 3.95. The summed E-state index contributed by atoms with van der Waals surface area (Å²) in [5.74, 6) is 1.61. The van der Waals surface area contributed by atoms with Crippen LogP contribution in [0, 0.1) is 5.92 Å². The summed E-state index contributed by atoms with van der Waals surface area (Å²) in [7, 11) is 0. The molecular weight excluding hydrogens is 256 g/mol. The number of fused-ring (bicyclic) bond motifs is 1. The van der Waals surface area contributed by atoms with Gasteiger partial charge in [-0.05, 0) is 31.0 Å². The summed E-state index contributed by atoms with van der Waals surface area (Å²) in [6.45, 7) is 5.02. The quantitative estimate of drug-likeness (QED) is 0.852. The fraction of sp³-hybridized carbons (Fsp3) is 0.533. The highest BCUT2D eigenvalue weighted by molar-refractivity contribution is 5.98. The molecule has 2 atom stereocenters. The number of ether oxygens (including phenoxy) is 2. The van der Waals surface area contributed by atoms with Crippen LogP contribution in [0.25, 0.3) is 0 Å². The van der Waals surface area contributed by atoms with E-state index in [9.17, 15) is 4.79 Å². The Morgan fingerprint density at radius 1 is 1.35 bits per heavy atom. The second kappa shape index (κ2) is 5.71. The number of benzene rings is 1. The maximum absolute atomic E-state index is 12.5. The first kappa shape index (κ1) is 13.2. The molecule has 2 aliphatic rings. The minimum absolute atomic E-state index is 0.0899. The molecule has 0 aliphatic carbocycles. The highest BCUT2D eigenvalue weighted by Crippen LogP contribution is 2.33. The molecule has 0 saturated carbocycles. The summed E-state index contributed by atoms with van der Waals surface area (Å²) in [6, 6.07) is 5.60. The van der Waals surface area contributed by atoms with E-state index >= 15 is 0 Å². The molecule has 20 heavy (non-hydrogen) atoms. The molecule has 1 aromatic rings. The molecule has 0 bridgehead atoms. The Morgan fingerprint density at radius 3 is 3.05 bits per heavy atom. The number of para-hydroxylation sites is 1. The molecule has 5 nitrogen and oxygen atoms in total. The van der Waals surface area contributed by atoms with Gasteiger partial charge in [0.05, 0.1) is 5.56 Å². The zero-order valence-electron chi connectivity index (χ0n) is 11.6. The number of rotatable bonds is 2. The van der Waals surface area contributed by atoms with Gasteiger partial charge in [0, 0.05) is 12.6 Å². The molecule has 0 spiro atoms. The Morgan fingerprint density at radius 2 is 2.20 bits per heavy atom. The van der Waals surface area contributed by atoms with Gasteiger partial charge in [-0.1, -0.05) is 13.0 Å². The van der Waals surface area contributed by atoms with Crippen molar-refractivity contribution in [3.05, 3.63) is 23.8 Å². The molecular formula is C15H20N2O3. The Hall–Kier alpha value is -1.75. The Bertz CT molecular complexity index is 504. The van der Waals surface area contributed by atoms with Crippen LogP contribution in [-0.4, -0.2) is 38.3 Å². The van der Waals surface area contributed by atoms with E-state index in [1.54, 1.807) is 6.07 Å². The van der Waals surface area contributed by atoms with Crippen molar-refractivity contribution in [2.45, 2.75) is 19.4 Å². The Labute approximate surface area is 118 Å². The standard InChI is InChI=1S/C15H20N2O3/c1-10-5-6-16-9-12(10)17-15(18)11-3-2-4-13-14(11)20-8-7-19-13/h2-4,10,12,16H,5-9H2,1H3,(H,17,18). The van der Waals surface area contributed by atoms with Crippen LogP contribution in [0.1, 0.15) is 23.7 Å². The van der Waals surface area contributed by atoms with Crippen LogP contribution in [0.4, 0.5) is 0 Å². The minimum atomic E-state index is -0.0899. The molecule has 1 fully saturated rings. The lowest BCUT2D eigenvalue weighted by atomic mass is 9.94. The molecule has 2 aliphatic heterocycles. The summed E-state index contributed by atoms with van der Waals surface area (Å²) in [6.07, 6.45) is 1.08.